The van der Waals surface area contributed by atoms with E-state index in [-0.39, 0.29) is 0 Å². The summed E-state index contributed by atoms with van der Waals surface area (Å²) in [4.78, 5) is 2.82. The molecule has 0 radical (unpaired) electrons. The maximum Gasteiger partial charge on any atom is 0.151 e. The van der Waals surface area contributed by atoms with Gasteiger partial charge < -0.3 is 4.74 Å². The van der Waals surface area contributed by atoms with Crippen molar-refractivity contribution in [2.75, 3.05) is 26.3 Å². The lowest BCUT2D eigenvalue weighted by molar-refractivity contribution is 0.00787. The molecule has 2 unspecified atom stereocenters. The van der Waals surface area contributed by atoms with Gasteiger partial charge in [0.05, 0.1) is 13.2 Å². The van der Waals surface area contributed by atoms with Crippen molar-refractivity contribution in [1.29, 1.82) is 0 Å². The van der Waals surface area contributed by atoms with Crippen molar-refractivity contribution < 1.29 is 4.74 Å². The highest BCUT2D eigenvalue weighted by molar-refractivity contribution is 6.64. The molecule has 0 aromatic carbocycles. The Balaban J connectivity index is 1.52. The van der Waals surface area contributed by atoms with E-state index in [4.69, 9.17) is 4.74 Å². The maximum atomic E-state index is 5.60. The molecule has 4 aliphatic rings. The van der Waals surface area contributed by atoms with Crippen molar-refractivity contribution in [3.8, 4) is 0 Å². The fourth-order valence-corrected chi connectivity index (χ4v) is 6.38. The molecule has 21 heavy (non-hydrogen) atoms. The highest BCUT2D eigenvalue weighted by Gasteiger charge is 2.47. The van der Waals surface area contributed by atoms with Crippen LogP contribution in [-0.2, 0) is 4.74 Å². The van der Waals surface area contributed by atoms with E-state index in [1.807, 2.05) is 0 Å². The van der Waals surface area contributed by atoms with Crippen LogP contribution < -0.4 is 0 Å². The Morgan fingerprint density at radius 2 is 1.33 bits per heavy atom. The monoisotopic (exact) mass is 289 g/mol. The Labute approximate surface area is 131 Å². The Kier molecular flexibility index (Phi) is 4.59. The molecule has 2 atom stereocenters. The summed E-state index contributed by atoms with van der Waals surface area (Å²) in [5, 5.41) is 0. The molecule has 0 spiro atoms. The van der Waals surface area contributed by atoms with Gasteiger partial charge in [-0.2, -0.15) is 0 Å². The fourth-order valence-electron chi connectivity index (χ4n) is 6.38. The lowest BCUT2D eigenvalue weighted by atomic mass is 9.21. The topological polar surface area (TPSA) is 12.5 Å². The summed E-state index contributed by atoms with van der Waals surface area (Å²) in [6.07, 6.45) is 15.2. The van der Waals surface area contributed by atoms with E-state index in [0.29, 0.717) is 0 Å². The zero-order valence-corrected chi connectivity index (χ0v) is 13.6. The summed E-state index contributed by atoms with van der Waals surface area (Å²) in [5.41, 5.74) is 0. The molecule has 0 aromatic rings. The van der Waals surface area contributed by atoms with E-state index in [1.165, 1.54) is 51.6 Å². The number of rotatable bonds is 2. The molecule has 1 saturated carbocycles. The summed E-state index contributed by atoms with van der Waals surface area (Å²) in [5.74, 6) is 3.20. The molecule has 3 aliphatic heterocycles. The van der Waals surface area contributed by atoms with Gasteiger partial charge in [-0.25, -0.2) is 0 Å². The quantitative estimate of drug-likeness (QED) is 0.705. The van der Waals surface area contributed by atoms with E-state index in [0.717, 1.165) is 43.4 Å². The lowest BCUT2D eigenvalue weighted by Gasteiger charge is -2.51. The molecule has 0 aromatic heterocycles. The zero-order chi connectivity index (χ0) is 14.1. The van der Waals surface area contributed by atoms with Gasteiger partial charge in [-0.1, -0.05) is 69.4 Å². The van der Waals surface area contributed by atoms with Crippen LogP contribution in [0.15, 0.2) is 0 Å². The Morgan fingerprint density at radius 1 is 0.714 bits per heavy atom. The number of hydrogen-bond donors (Lipinski definition) is 0. The first kappa shape index (κ1) is 14.6. The highest BCUT2D eigenvalue weighted by Crippen LogP contribution is 2.53. The first-order valence-electron chi connectivity index (χ1n) is 9.75. The van der Waals surface area contributed by atoms with Gasteiger partial charge in [0.25, 0.3) is 0 Å². The molecule has 3 heterocycles. The van der Waals surface area contributed by atoms with Gasteiger partial charge in [0.1, 0.15) is 0 Å². The minimum absolute atomic E-state index is 0.897. The summed E-state index contributed by atoms with van der Waals surface area (Å²) in [7, 11) is 0. The van der Waals surface area contributed by atoms with Gasteiger partial charge in [0, 0.05) is 19.1 Å². The van der Waals surface area contributed by atoms with Crippen molar-refractivity contribution >= 4 is 6.71 Å². The first-order valence-corrected chi connectivity index (χ1v) is 9.75. The van der Waals surface area contributed by atoms with E-state index >= 15 is 0 Å². The normalized spacial score (nSPS) is 42.0. The van der Waals surface area contributed by atoms with Crippen LogP contribution in [0.1, 0.15) is 64.2 Å². The Hall–Kier alpha value is -0.0151. The lowest BCUT2D eigenvalue weighted by Crippen LogP contribution is -2.52. The van der Waals surface area contributed by atoms with E-state index in [2.05, 4.69) is 4.90 Å². The molecule has 118 valence electrons. The number of nitrogens with zero attached hydrogens (tertiary/aromatic N) is 1. The predicted molar refractivity (Wildman–Crippen MR) is 89.4 cm³/mol. The minimum Gasteiger partial charge on any atom is -0.379 e. The van der Waals surface area contributed by atoms with Crippen molar-refractivity contribution in [3.63, 3.8) is 0 Å². The highest BCUT2D eigenvalue weighted by atomic mass is 16.5. The van der Waals surface area contributed by atoms with Gasteiger partial charge >= 0.3 is 0 Å². The second-order valence-electron chi connectivity index (χ2n) is 8.12. The molecule has 0 amide bonds. The molecule has 4 fully saturated rings. The van der Waals surface area contributed by atoms with Crippen LogP contribution in [0.3, 0.4) is 0 Å². The van der Waals surface area contributed by atoms with Crippen LogP contribution in [0.2, 0.25) is 17.5 Å². The number of ether oxygens (including phenoxy) is 1. The third-order valence-electron chi connectivity index (χ3n) is 7.18. The van der Waals surface area contributed by atoms with Crippen molar-refractivity contribution in [2.24, 2.45) is 0 Å². The molecule has 2 nitrogen and oxygen atoms in total. The number of morpholine rings is 1. The van der Waals surface area contributed by atoms with Crippen LogP contribution in [0.4, 0.5) is 0 Å². The molecule has 0 N–H and O–H groups in total. The molecule has 3 saturated heterocycles. The van der Waals surface area contributed by atoms with Crippen LogP contribution in [-0.4, -0.2) is 44.0 Å². The van der Waals surface area contributed by atoms with Crippen molar-refractivity contribution in [1.82, 2.24) is 4.90 Å². The molecule has 1 aliphatic carbocycles. The summed E-state index contributed by atoms with van der Waals surface area (Å²) < 4.78 is 5.60. The predicted octanol–water partition coefficient (Wildman–Crippen LogP) is 4.23. The molecule has 3 heteroatoms. The molecular formula is C18H32BNO. The van der Waals surface area contributed by atoms with Crippen LogP contribution in [0.25, 0.3) is 0 Å². The zero-order valence-electron chi connectivity index (χ0n) is 13.6. The van der Waals surface area contributed by atoms with Crippen LogP contribution >= 0.6 is 0 Å². The number of fused-ring (bicyclic) bond motifs is 2. The smallest absolute Gasteiger partial charge is 0.151 e. The number of hydrogen-bond acceptors (Lipinski definition) is 2. The largest absolute Gasteiger partial charge is 0.379 e. The SMILES string of the molecule is C1CC2CCCC(C1)B2C1CCCCC1N1CCOCC1. The Bertz CT molecular complexity index is 322. The third kappa shape index (κ3) is 2.93. The van der Waals surface area contributed by atoms with Gasteiger partial charge in [0.15, 0.2) is 6.71 Å². The van der Waals surface area contributed by atoms with Crippen LogP contribution in [0, 0.1) is 0 Å². The maximum absolute atomic E-state index is 5.60. The first-order chi connectivity index (χ1) is 10.4. The molecule has 4 rings (SSSR count). The third-order valence-corrected chi connectivity index (χ3v) is 7.18. The van der Waals surface area contributed by atoms with Crippen molar-refractivity contribution in [2.45, 2.75) is 87.7 Å². The van der Waals surface area contributed by atoms with Gasteiger partial charge in [0.2, 0.25) is 0 Å². The van der Waals surface area contributed by atoms with E-state index in [9.17, 15) is 0 Å². The van der Waals surface area contributed by atoms with Gasteiger partial charge in [-0.05, 0) is 12.2 Å². The fraction of sp³-hybridized carbons (Fsp3) is 1.00. The summed E-state index contributed by atoms with van der Waals surface area (Å²) in [6, 6.07) is 0.897. The minimum atomic E-state index is 0.897. The average molecular weight is 289 g/mol. The summed E-state index contributed by atoms with van der Waals surface area (Å²) >= 11 is 0. The summed E-state index contributed by atoms with van der Waals surface area (Å²) in [6.45, 7) is 5.43. The second-order valence-corrected chi connectivity index (χ2v) is 8.12. The molecular weight excluding hydrogens is 257 g/mol. The second kappa shape index (κ2) is 6.62. The Morgan fingerprint density at radius 3 is 2.00 bits per heavy atom. The van der Waals surface area contributed by atoms with Crippen LogP contribution in [0.5, 0.6) is 0 Å². The van der Waals surface area contributed by atoms with E-state index < -0.39 is 0 Å². The molecule has 2 bridgehead atoms. The standard InChI is InChI=1S/C18H32BNO/c1-2-10-18(20-11-13-21-14-12-20)17(9-1)19-15-5-3-6-16(19)8-4-7-15/h15-18H,1-14H2. The average Bonchev–Trinajstić information content (AvgIpc) is 2.55. The van der Waals surface area contributed by atoms with Gasteiger partial charge in [-0.3, -0.25) is 4.90 Å². The van der Waals surface area contributed by atoms with Gasteiger partial charge in [-0.15, -0.1) is 0 Å². The van der Waals surface area contributed by atoms with E-state index in [1.54, 1.807) is 25.7 Å². The van der Waals surface area contributed by atoms with Crippen molar-refractivity contribution in [3.05, 3.63) is 0 Å².